The van der Waals surface area contributed by atoms with Gasteiger partial charge >= 0.3 is 0 Å². The fraction of sp³-hybridized carbons (Fsp3) is 0.800. The summed E-state index contributed by atoms with van der Waals surface area (Å²) < 4.78 is 0. The quantitative estimate of drug-likeness (QED) is 0.503. The van der Waals surface area contributed by atoms with Crippen molar-refractivity contribution in [3.05, 3.63) is 11.6 Å². The van der Waals surface area contributed by atoms with Crippen LogP contribution in [-0.4, -0.2) is 16.5 Å². The van der Waals surface area contributed by atoms with Crippen molar-refractivity contribution in [2.75, 3.05) is 0 Å². The number of allylic oxidation sites excluding steroid dienone is 2. The van der Waals surface area contributed by atoms with Crippen LogP contribution in [-0.2, 0) is 0 Å². The van der Waals surface area contributed by atoms with Gasteiger partial charge in [0, 0.05) is 5.41 Å². The zero-order chi connectivity index (χ0) is 9.78. The minimum absolute atomic E-state index is 0.392. The van der Waals surface area contributed by atoms with Gasteiger partial charge in [-0.15, -0.1) is 0 Å². The Kier molecular flexibility index (Phi) is 4.50. The molecule has 0 aliphatic rings. The highest BCUT2D eigenvalue weighted by molar-refractivity contribution is 4.97. The van der Waals surface area contributed by atoms with Gasteiger partial charge in [0.2, 0.25) is 0 Å². The van der Waals surface area contributed by atoms with Crippen LogP contribution in [0.4, 0.5) is 0 Å². The van der Waals surface area contributed by atoms with Crippen molar-refractivity contribution < 1.29 is 10.2 Å². The Hall–Kier alpha value is -0.340. The van der Waals surface area contributed by atoms with Gasteiger partial charge in [0.15, 0.2) is 6.29 Å². The van der Waals surface area contributed by atoms with E-state index in [-0.39, 0.29) is 0 Å². The van der Waals surface area contributed by atoms with E-state index in [1.807, 2.05) is 33.8 Å². The zero-order valence-electron chi connectivity index (χ0n) is 8.46. The largest absolute Gasteiger partial charge is 0.368 e. The maximum Gasteiger partial charge on any atom is 0.157 e. The Labute approximate surface area is 74.9 Å². The van der Waals surface area contributed by atoms with Crippen LogP contribution >= 0.6 is 0 Å². The Bertz CT molecular complexity index is 157. The van der Waals surface area contributed by atoms with Gasteiger partial charge in [0.05, 0.1) is 0 Å². The van der Waals surface area contributed by atoms with E-state index in [1.165, 1.54) is 5.57 Å². The van der Waals surface area contributed by atoms with Gasteiger partial charge in [-0.2, -0.15) is 0 Å². The highest BCUT2D eigenvalue weighted by atomic mass is 16.5. The lowest BCUT2D eigenvalue weighted by Crippen LogP contribution is -2.30. The van der Waals surface area contributed by atoms with Gasteiger partial charge in [0.25, 0.3) is 0 Å². The highest BCUT2D eigenvalue weighted by Gasteiger charge is 2.28. The van der Waals surface area contributed by atoms with E-state index in [0.29, 0.717) is 0 Å². The van der Waals surface area contributed by atoms with Crippen LogP contribution in [0.5, 0.6) is 0 Å². The molecule has 1 unspecified atom stereocenters. The molecule has 0 radical (unpaired) electrons. The van der Waals surface area contributed by atoms with Crippen molar-refractivity contribution in [1.82, 2.24) is 0 Å². The van der Waals surface area contributed by atoms with Crippen LogP contribution in [0, 0.1) is 5.41 Å². The SMILES string of the molecule is CCC(C)(CC=C(C)C)C(O)O. The van der Waals surface area contributed by atoms with Crippen molar-refractivity contribution in [2.45, 2.75) is 46.8 Å². The molecule has 2 nitrogen and oxygen atoms in total. The van der Waals surface area contributed by atoms with Crippen LogP contribution in [0.2, 0.25) is 0 Å². The van der Waals surface area contributed by atoms with Crippen LogP contribution in [0.15, 0.2) is 11.6 Å². The molecule has 0 rings (SSSR count). The Balaban J connectivity index is 4.25. The van der Waals surface area contributed by atoms with E-state index in [9.17, 15) is 0 Å². The van der Waals surface area contributed by atoms with Crippen LogP contribution in [0.1, 0.15) is 40.5 Å². The molecule has 0 heterocycles. The van der Waals surface area contributed by atoms with Crippen LogP contribution in [0.25, 0.3) is 0 Å². The lowest BCUT2D eigenvalue weighted by Gasteiger charge is -2.28. The zero-order valence-corrected chi connectivity index (χ0v) is 8.46. The van der Waals surface area contributed by atoms with Crippen molar-refractivity contribution in [3.8, 4) is 0 Å². The fourth-order valence-electron chi connectivity index (χ4n) is 0.870. The number of hydrogen-bond donors (Lipinski definition) is 2. The number of aliphatic hydroxyl groups excluding tert-OH is 1. The molecule has 12 heavy (non-hydrogen) atoms. The fourth-order valence-corrected chi connectivity index (χ4v) is 0.870. The van der Waals surface area contributed by atoms with Gasteiger partial charge in [-0.05, 0) is 26.7 Å². The van der Waals surface area contributed by atoms with Crippen LogP contribution in [0.3, 0.4) is 0 Å². The molecular weight excluding hydrogens is 152 g/mol. The summed E-state index contributed by atoms with van der Waals surface area (Å²) in [5.41, 5.74) is 0.826. The summed E-state index contributed by atoms with van der Waals surface area (Å²) in [6, 6.07) is 0. The first kappa shape index (κ1) is 11.7. The third-order valence-corrected chi connectivity index (χ3v) is 2.41. The topological polar surface area (TPSA) is 40.5 Å². The first-order valence-corrected chi connectivity index (χ1v) is 4.42. The van der Waals surface area contributed by atoms with Gasteiger partial charge < -0.3 is 10.2 Å². The molecule has 0 bridgehead atoms. The van der Waals surface area contributed by atoms with E-state index in [4.69, 9.17) is 10.2 Å². The average Bonchev–Trinajstić information content (AvgIpc) is 1.99. The minimum Gasteiger partial charge on any atom is -0.368 e. The molecule has 1 atom stereocenters. The monoisotopic (exact) mass is 172 g/mol. The minimum atomic E-state index is -1.22. The Morgan fingerprint density at radius 3 is 2.17 bits per heavy atom. The highest BCUT2D eigenvalue weighted by Crippen LogP contribution is 2.29. The predicted molar refractivity (Wildman–Crippen MR) is 50.7 cm³/mol. The molecule has 0 aromatic rings. The smallest absolute Gasteiger partial charge is 0.157 e. The molecule has 0 amide bonds. The molecule has 72 valence electrons. The van der Waals surface area contributed by atoms with E-state index in [2.05, 4.69) is 0 Å². The molecule has 2 heteroatoms. The first-order valence-electron chi connectivity index (χ1n) is 4.42. The molecule has 2 N–H and O–H groups in total. The summed E-state index contributed by atoms with van der Waals surface area (Å²) in [4.78, 5) is 0. The number of aliphatic hydroxyl groups is 2. The lowest BCUT2D eigenvalue weighted by atomic mass is 9.83. The summed E-state index contributed by atoms with van der Waals surface area (Å²) >= 11 is 0. The molecule has 0 aromatic carbocycles. The second-order valence-corrected chi connectivity index (χ2v) is 3.87. The van der Waals surface area contributed by atoms with Crippen LogP contribution < -0.4 is 0 Å². The average molecular weight is 172 g/mol. The van der Waals surface area contributed by atoms with E-state index >= 15 is 0 Å². The summed E-state index contributed by atoms with van der Waals surface area (Å²) in [6.45, 7) is 7.88. The summed E-state index contributed by atoms with van der Waals surface area (Å²) in [6.07, 6.45) is 2.32. The first-order chi connectivity index (χ1) is 5.42. The van der Waals surface area contributed by atoms with Gasteiger partial charge in [-0.3, -0.25) is 0 Å². The molecule has 0 saturated heterocycles. The number of hydrogen-bond acceptors (Lipinski definition) is 2. The van der Waals surface area contributed by atoms with E-state index < -0.39 is 11.7 Å². The van der Waals surface area contributed by atoms with Crippen molar-refractivity contribution in [2.24, 2.45) is 5.41 Å². The number of rotatable bonds is 4. The second kappa shape index (κ2) is 4.63. The molecule has 0 fully saturated rings. The predicted octanol–water partition coefficient (Wildman–Crippen LogP) is 2.07. The van der Waals surface area contributed by atoms with Crippen molar-refractivity contribution in [3.63, 3.8) is 0 Å². The molecule has 0 aliphatic heterocycles. The summed E-state index contributed by atoms with van der Waals surface area (Å²) in [5.74, 6) is 0. The third-order valence-electron chi connectivity index (χ3n) is 2.41. The standard InChI is InChI=1S/C10H20O2/c1-5-10(4,9(11)12)7-6-8(2)3/h6,9,11-12H,5,7H2,1-4H3. The third kappa shape index (κ3) is 3.37. The van der Waals surface area contributed by atoms with Crippen molar-refractivity contribution >= 4 is 0 Å². The maximum atomic E-state index is 9.11. The van der Waals surface area contributed by atoms with Gasteiger partial charge in [-0.1, -0.05) is 25.5 Å². The summed E-state index contributed by atoms with van der Waals surface area (Å²) in [7, 11) is 0. The molecular formula is C10H20O2. The molecule has 0 aromatic heterocycles. The van der Waals surface area contributed by atoms with Crippen molar-refractivity contribution in [1.29, 1.82) is 0 Å². The van der Waals surface area contributed by atoms with E-state index in [1.54, 1.807) is 0 Å². The Morgan fingerprint density at radius 1 is 1.42 bits per heavy atom. The maximum absolute atomic E-state index is 9.11. The molecule has 0 spiro atoms. The normalized spacial score (nSPS) is 15.9. The van der Waals surface area contributed by atoms with Gasteiger partial charge in [-0.25, -0.2) is 0 Å². The molecule has 0 aliphatic carbocycles. The van der Waals surface area contributed by atoms with Gasteiger partial charge in [0.1, 0.15) is 0 Å². The summed E-state index contributed by atoms with van der Waals surface area (Å²) in [5, 5.41) is 18.2. The lowest BCUT2D eigenvalue weighted by molar-refractivity contribution is -0.128. The Morgan fingerprint density at radius 2 is 1.92 bits per heavy atom. The second-order valence-electron chi connectivity index (χ2n) is 3.87. The molecule has 0 saturated carbocycles. The van der Waals surface area contributed by atoms with E-state index in [0.717, 1.165) is 12.8 Å².